The molecule has 0 unspecified atom stereocenters. The van der Waals surface area contributed by atoms with Gasteiger partial charge in [-0.15, -0.1) is 0 Å². The van der Waals surface area contributed by atoms with E-state index in [2.05, 4.69) is 0 Å². The fraction of sp³-hybridized carbons (Fsp3) is 0.462. The van der Waals surface area contributed by atoms with E-state index in [9.17, 15) is 4.79 Å². The Morgan fingerprint density at radius 3 is 2.94 bits per heavy atom. The van der Waals surface area contributed by atoms with E-state index < -0.39 is 0 Å². The number of nitrogens with two attached hydrogens (primary N) is 1. The predicted octanol–water partition coefficient (Wildman–Crippen LogP) is 1.14. The van der Waals surface area contributed by atoms with E-state index in [4.69, 9.17) is 10.5 Å². The molecule has 0 saturated carbocycles. The van der Waals surface area contributed by atoms with Crippen LogP contribution in [0.2, 0.25) is 0 Å². The molecular formula is C13H18N2O2. The fourth-order valence-electron chi connectivity index (χ4n) is 1.96. The third-order valence-corrected chi connectivity index (χ3v) is 3.01. The molecule has 0 fully saturated rings. The second-order valence-electron chi connectivity index (χ2n) is 4.35. The Morgan fingerprint density at radius 1 is 1.41 bits per heavy atom. The van der Waals surface area contributed by atoms with Gasteiger partial charge in [-0.25, -0.2) is 0 Å². The van der Waals surface area contributed by atoms with Gasteiger partial charge in [0, 0.05) is 19.2 Å². The topological polar surface area (TPSA) is 55.6 Å². The van der Waals surface area contributed by atoms with E-state index in [-0.39, 0.29) is 5.91 Å². The van der Waals surface area contributed by atoms with Crippen LogP contribution in [0.1, 0.15) is 27.9 Å². The summed E-state index contributed by atoms with van der Waals surface area (Å²) in [7, 11) is 1.81. The van der Waals surface area contributed by atoms with Crippen LogP contribution in [0.5, 0.6) is 0 Å². The minimum atomic E-state index is 0.0492. The number of carbonyl (C=O) groups is 1. The zero-order chi connectivity index (χ0) is 12.3. The molecule has 2 N–H and O–H groups in total. The molecule has 1 aliphatic heterocycles. The zero-order valence-electron chi connectivity index (χ0n) is 10.1. The van der Waals surface area contributed by atoms with Crippen LogP contribution in [-0.4, -0.2) is 30.9 Å². The smallest absolute Gasteiger partial charge is 0.253 e. The van der Waals surface area contributed by atoms with Gasteiger partial charge in [-0.2, -0.15) is 0 Å². The van der Waals surface area contributed by atoms with E-state index in [0.29, 0.717) is 26.3 Å². The first-order chi connectivity index (χ1) is 8.22. The molecule has 1 aliphatic rings. The molecule has 4 heteroatoms. The highest BCUT2D eigenvalue weighted by Crippen LogP contribution is 2.21. The number of ether oxygens (including phenoxy) is 1. The number of benzene rings is 1. The van der Waals surface area contributed by atoms with Gasteiger partial charge in [0.15, 0.2) is 0 Å². The van der Waals surface area contributed by atoms with E-state index in [1.807, 2.05) is 25.2 Å². The molecule has 1 aromatic rings. The van der Waals surface area contributed by atoms with Crippen LogP contribution in [0.3, 0.4) is 0 Å². The second-order valence-corrected chi connectivity index (χ2v) is 4.35. The minimum absolute atomic E-state index is 0.0492. The SMILES string of the molecule is CN(CCCN)C(=O)c1ccc2c(c1)COC2. The lowest BCUT2D eigenvalue weighted by Gasteiger charge is -2.17. The van der Waals surface area contributed by atoms with Crippen LogP contribution in [0.25, 0.3) is 0 Å². The molecule has 1 aromatic carbocycles. The Morgan fingerprint density at radius 2 is 2.18 bits per heavy atom. The van der Waals surface area contributed by atoms with Crippen LogP contribution < -0.4 is 5.73 Å². The molecule has 0 spiro atoms. The second kappa shape index (κ2) is 5.29. The molecule has 2 rings (SSSR count). The van der Waals surface area contributed by atoms with Gasteiger partial charge in [-0.3, -0.25) is 4.79 Å². The van der Waals surface area contributed by atoms with Crippen molar-refractivity contribution < 1.29 is 9.53 Å². The molecule has 0 bridgehead atoms. The first-order valence-corrected chi connectivity index (χ1v) is 5.87. The standard InChI is InChI=1S/C13H18N2O2/c1-15(6-2-5-14)13(16)10-3-4-11-8-17-9-12(11)7-10/h3-4,7H,2,5-6,8-9,14H2,1H3. The van der Waals surface area contributed by atoms with Gasteiger partial charge in [0.2, 0.25) is 0 Å². The highest BCUT2D eigenvalue weighted by molar-refractivity contribution is 5.94. The van der Waals surface area contributed by atoms with E-state index >= 15 is 0 Å². The molecule has 0 aromatic heterocycles. The first kappa shape index (κ1) is 12.1. The van der Waals surface area contributed by atoms with Crippen molar-refractivity contribution in [1.82, 2.24) is 4.90 Å². The molecule has 17 heavy (non-hydrogen) atoms. The predicted molar refractivity (Wildman–Crippen MR) is 65.6 cm³/mol. The Labute approximate surface area is 101 Å². The van der Waals surface area contributed by atoms with Gasteiger partial charge in [0.25, 0.3) is 5.91 Å². The summed E-state index contributed by atoms with van der Waals surface area (Å²) in [5.41, 5.74) is 8.48. The summed E-state index contributed by atoms with van der Waals surface area (Å²) in [5, 5.41) is 0. The van der Waals surface area contributed by atoms with Gasteiger partial charge in [-0.1, -0.05) is 6.07 Å². The van der Waals surface area contributed by atoms with Crippen LogP contribution in [0, 0.1) is 0 Å². The van der Waals surface area contributed by atoms with Crippen molar-refractivity contribution in [1.29, 1.82) is 0 Å². The normalized spacial score (nSPS) is 13.5. The highest BCUT2D eigenvalue weighted by atomic mass is 16.5. The molecule has 0 aliphatic carbocycles. The molecule has 4 nitrogen and oxygen atoms in total. The minimum Gasteiger partial charge on any atom is -0.372 e. The van der Waals surface area contributed by atoms with Crippen molar-refractivity contribution in [3.05, 3.63) is 34.9 Å². The molecule has 1 amide bonds. The lowest BCUT2D eigenvalue weighted by molar-refractivity contribution is 0.0794. The summed E-state index contributed by atoms with van der Waals surface area (Å²) >= 11 is 0. The maximum Gasteiger partial charge on any atom is 0.253 e. The van der Waals surface area contributed by atoms with Crippen molar-refractivity contribution in [2.75, 3.05) is 20.1 Å². The number of nitrogens with zero attached hydrogens (tertiary/aromatic N) is 1. The number of amides is 1. The fourth-order valence-corrected chi connectivity index (χ4v) is 1.96. The van der Waals surface area contributed by atoms with E-state index in [1.54, 1.807) is 4.90 Å². The molecule has 1 heterocycles. The summed E-state index contributed by atoms with van der Waals surface area (Å²) in [6, 6.07) is 5.78. The van der Waals surface area contributed by atoms with Crippen molar-refractivity contribution in [3.63, 3.8) is 0 Å². The number of rotatable bonds is 4. The van der Waals surface area contributed by atoms with E-state index in [1.165, 1.54) is 5.56 Å². The van der Waals surface area contributed by atoms with Crippen molar-refractivity contribution in [2.24, 2.45) is 5.73 Å². The average molecular weight is 234 g/mol. The molecule has 0 atom stereocenters. The van der Waals surface area contributed by atoms with Crippen molar-refractivity contribution in [3.8, 4) is 0 Å². The molecule has 92 valence electrons. The molecular weight excluding hydrogens is 216 g/mol. The number of hydrogen-bond acceptors (Lipinski definition) is 3. The van der Waals surface area contributed by atoms with Crippen molar-refractivity contribution in [2.45, 2.75) is 19.6 Å². The summed E-state index contributed by atoms with van der Waals surface area (Å²) < 4.78 is 5.33. The third kappa shape index (κ3) is 2.65. The number of carbonyl (C=O) groups excluding carboxylic acids is 1. The van der Waals surface area contributed by atoms with Crippen LogP contribution in [0.15, 0.2) is 18.2 Å². The van der Waals surface area contributed by atoms with Gasteiger partial charge in [-0.05, 0) is 36.2 Å². The third-order valence-electron chi connectivity index (χ3n) is 3.01. The quantitative estimate of drug-likeness (QED) is 0.850. The largest absolute Gasteiger partial charge is 0.372 e. The maximum absolute atomic E-state index is 12.1. The first-order valence-electron chi connectivity index (χ1n) is 5.87. The Balaban J connectivity index is 2.09. The molecule has 0 radical (unpaired) electrons. The van der Waals surface area contributed by atoms with Crippen LogP contribution in [0.4, 0.5) is 0 Å². The summed E-state index contributed by atoms with van der Waals surface area (Å²) in [6.45, 7) is 2.58. The zero-order valence-corrected chi connectivity index (χ0v) is 10.1. The maximum atomic E-state index is 12.1. The van der Waals surface area contributed by atoms with Crippen LogP contribution in [-0.2, 0) is 18.0 Å². The Bertz CT molecular complexity index is 418. The monoisotopic (exact) mass is 234 g/mol. The molecule has 0 saturated heterocycles. The Hall–Kier alpha value is -1.39. The number of hydrogen-bond donors (Lipinski definition) is 1. The van der Waals surface area contributed by atoms with Gasteiger partial charge < -0.3 is 15.4 Å². The van der Waals surface area contributed by atoms with Gasteiger partial charge in [0.05, 0.1) is 13.2 Å². The van der Waals surface area contributed by atoms with E-state index in [0.717, 1.165) is 17.5 Å². The lowest BCUT2D eigenvalue weighted by atomic mass is 10.1. The summed E-state index contributed by atoms with van der Waals surface area (Å²) in [4.78, 5) is 13.8. The Kier molecular flexibility index (Phi) is 3.76. The lowest BCUT2D eigenvalue weighted by Crippen LogP contribution is -2.29. The van der Waals surface area contributed by atoms with Crippen molar-refractivity contribution >= 4 is 5.91 Å². The van der Waals surface area contributed by atoms with Gasteiger partial charge in [0.1, 0.15) is 0 Å². The average Bonchev–Trinajstić information content (AvgIpc) is 2.81. The summed E-state index contributed by atoms with van der Waals surface area (Å²) in [5.74, 6) is 0.0492. The highest BCUT2D eigenvalue weighted by Gasteiger charge is 2.16. The van der Waals surface area contributed by atoms with Crippen LogP contribution >= 0.6 is 0 Å². The summed E-state index contributed by atoms with van der Waals surface area (Å²) in [6.07, 6.45) is 0.830. The van der Waals surface area contributed by atoms with Gasteiger partial charge >= 0.3 is 0 Å². The number of fused-ring (bicyclic) bond motifs is 1.